The Morgan fingerprint density at radius 2 is 0.640 bits per heavy atom. The molecule has 0 aliphatic heterocycles. The highest BCUT2D eigenvalue weighted by Gasteiger charge is 2.22. The third-order valence-electron chi connectivity index (χ3n) is 16.4. The average molecular weight is 1260 g/mol. The quantitative estimate of drug-likeness (QED) is 0.0195. The van der Waals surface area contributed by atoms with Crippen molar-refractivity contribution in [2.75, 3.05) is 47.5 Å². The number of hydrogen-bond acceptors (Lipinski definition) is 8. The first-order valence-corrected chi connectivity index (χ1v) is 38.9. The van der Waals surface area contributed by atoms with Crippen molar-refractivity contribution in [3.8, 4) is 0 Å². The fraction of sp³-hybridized carbons (Fsp3) is 0.772. The van der Waals surface area contributed by atoms with Crippen LogP contribution < -0.4 is 4.89 Å². The highest BCUT2D eigenvalue weighted by molar-refractivity contribution is 7.45. The molecular formula is C79H142NO8P. The monoisotopic (exact) mass is 1260 g/mol. The Bertz CT molecular complexity index is 1820. The van der Waals surface area contributed by atoms with Gasteiger partial charge in [-0.1, -0.05) is 349 Å². The number of carbonyl (C=O) groups excluding carboxylic acids is 2. The third kappa shape index (κ3) is 73.9. The number of ether oxygens (including phenoxy) is 2. The Kier molecular flexibility index (Phi) is 66.9. The molecule has 10 heteroatoms. The van der Waals surface area contributed by atoms with Gasteiger partial charge in [0.1, 0.15) is 19.8 Å². The van der Waals surface area contributed by atoms with Crippen molar-refractivity contribution in [2.24, 2.45) is 0 Å². The molecule has 0 aromatic rings. The minimum absolute atomic E-state index is 0.0316. The first kappa shape index (κ1) is 85.9. The maximum Gasteiger partial charge on any atom is 0.306 e. The molecule has 0 saturated carbocycles. The number of phosphoric acid groups is 1. The van der Waals surface area contributed by atoms with E-state index in [1.807, 2.05) is 21.1 Å². The molecule has 0 spiro atoms. The average Bonchev–Trinajstić information content (AvgIpc) is 3.60. The van der Waals surface area contributed by atoms with Crippen molar-refractivity contribution in [1.82, 2.24) is 0 Å². The molecule has 0 rings (SSSR count). The fourth-order valence-corrected chi connectivity index (χ4v) is 11.4. The van der Waals surface area contributed by atoms with E-state index in [1.165, 1.54) is 218 Å². The van der Waals surface area contributed by atoms with Gasteiger partial charge in [-0.25, -0.2) is 0 Å². The van der Waals surface area contributed by atoms with Gasteiger partial charge in [-0.15, -0.1) is 0 Å². The van der Waals surface area contributed by atoms with E-state index in [0.29, 0.717) is 17.4 Å². The normalized spacial score (nSPS) is 13.6. The fourth-order valence-electron chi connectivity index (χ4n) is 10.7. The Labute approximate surface area is 551 Å². The van der Waals surface area contributed by atoms with Crippen LogP contribution >= 0.6 is 7.82 Å². The standard InChI is InChI=1S/C79H142NO8P/c1-6-8-10-12-14-16-18-20-22-24-26-28-30-32-34-35-36-37-38-39-40-41-42-43-44-45-46-48-50-52-54-56-58-60-62-64-66-68-70-72-79(82)88-77(76-87-89(83,84)86-74-73-80(3,4)5)75-85-78(81)71-69-67-65-63-61-59-57-55-53-51-49-47-33-31-29-27-25-23-21-19-17-15-13-11-9-7-2/h8,10,14,16,20,22,26,28,32,34,36-37,39-40,42-43,77H,6-7,9,11-13,15,17-19,21,23-25,27,29-31,33,35,38,41,44-76H2,1-5H3/b10-8-,16-14-,22-20-,28-26-,34-32-,37-36-,40-39-,43-42-. The molecule has 0 N–H and O–H groups in total. The number of hydrogen-bond donors (Lipinski definition) is 0. The summed E-state index contributed by atoms with van der Waals surface area (Å²) in [4.78, 5) is 38.1. The summed E-state index contributed by atoms with van der Waals surface area (Å²) in [7, 11) is 1.17. The second-order valence-corrected chi connectivity index (χ2v) is 27.7. The zero-order valence-electron chi connectivity index (χ0n) is 58.9. The highest BCUT2D eigenvalue weighted by atomic mass is 31.2. The first-order chi connectivity index (χ1) is 43.5. The van der Waals surface area contributed by atoms with E-state index < -0.39 is 26.5 Å². The van der Waals surface area contributed by atoms with E-state index >= 15 is 0 Å². The van der Waals surface area contributed by atoms with Gasteiger partial charge in [-0.2, -0.15) is 0 Å². The second-order valence-electron chi connectivity index (χ2n) is 26.3. The molecule has 0 aromatic heterocycles. The van der Waals surface area contributed by atoms with Crippen molar-refractivity contribution in [3.63, 3.8) is 0 Å². The lowest BCUT2D eigenvalue weighted by Gasteiger charge is -2.28. The third-order valence-corrected chi connectivity index (χ3v) is 17.3. The molecule has 2 unspecified atom stereocenters. The lowest BCUT2D eigenvalue weighted by molar-refractivity contribution is -0.870. The molecule has 0 bridgehead atoms. The van der Waals surface area contributed by atoms with Crippen LogP contribution in [0.5, 0.6) is 0 Å². The number of esters is 2. The molecule has 0 fully saturated rings. The Balaban J connectivity index is 4.00. The number of likely N-dealkylation sites (N-methyl/N-ethyl adjacent to an activating group) is 1. The molecule has 0 aliphatic carbocycles. The number of nitrogens with zero attached hydrogens (tertiary/aromatic N) is 1. The van der Waals surface area contributed by atoms with E-state index in [1.54, 1.807) is 0 Å². The predicted molar refractivity (Wildman–Crippen MR) is 383 cm³/mol. The molecule has 89 heavy (non-hydrogen) atoms. The minimum Gasteiger partial charge on any atom is -0.756 e. The van der Waals surface area contributed by atoms with Crippen LogP contribution in [0.2, 0.25) is 0 Å². The van der Waals surface area contributed by atoms with Crippen LogP contribution in [-0.2, 0) is 32.7 Å². The van der Waals surface area contributed by atoms with Crippen molar-refractivity contribution >= 4 is 19.8 Å². The molecule has 0 aromatic carbocycles. The van der Waals surface area contributed by atoms with Gasteiger partial charge in [-0.05, 0) is 77.0 Å². The molecule has 0 heterocycles. The van der Waals surface area contributed by atoms with Gasteiger partial charge in [0, 0.05) is 12.8 Å². The number of allylic oxidation sites excluding steroid dienone is 16. The summed E-state index contributed by atoms with van der Waals surface area (Å²) in [6.45, 7) is 4.18. The van der Waals surface area contributed by atoms with E-state index in [0.717, 1.165) is 89.9 Å². The molecule has 2 atom stereocenters. The van der Waals surface area contributed by atoms with Gasteiger partial charge < -0.3 is 27.9 Å². The molecule has 9 nitrogen and oxygen atoms in total. The number of unbranched alkanes of at least 4 members (excludes halogenated alkanes) is 39. The summed E-state index contributed by atoms with van der Waals surface area (Å²) in [6, 6.07) is 0. The van der Waals surface area contributed by atoms with Crippen LogP contribution in [0.15, 0.2) is 97.2 Å². The van der Waals surface area contributed by atoms with E-state index in [4.69, 9.17) is 18.5 Å². The van der Waals surface area contributed by atoms with Crippen molar-refractivity contribution in [3.05, 3.63) is 97.2 Å². The summed E-state index contributed by atoms with van der Waals surface area (Å²) < 4.78 is 34.4. The number of phosphoric ester groups is 1. The number of rotatable bonds is 69. The first-order valence-electron chi connectivity index (χ1n) is 37.4. The van der Waals surface area contributed by atoms with Crippen molar-refractivity contribution in [2.45, 2.75) is 347 Å². The van der Waals surface area contributed by atoms with Crippen molar-refractivity contribution in [1.29, 1.82) is 0 Å². The minimum atomic E-state index is -4.65. The predicted octanol–water partition coefficient (Wildman–Crippen LogP) is 24.0. The molecule has 0 saturated heterocycles. The van der Waals surface area contributed by atoms with Gasteiger partial charge in [0.05, 0.1) is 27.7 Å². The molecular weight excluding hydrogens is 1120 g/mol. The maximum absolute atomic E-state index is 12.9. The van der Waals surface area contributed by atoms with E-state index in [9.17, 15) is 19.0 Å². The van der Waals surface area contributed by atoms with Gasteiger partial charge in [0.15, 0.2) is 6.10 Å². The molecule has 516 valence electrons. The Morgan fingerprint density at radius 3 is 0.955 bits per heavy atom. The smallest absolute Gasteiger partial charge is 0.306 e. The van der Waals surface area contributed by atoms with E-state index in [2.05, 4.69) is 111 Å². The van der Waals surface area contributed by atoms with Crippen LogP contribution in [0.25, 0.3) is 0 Å². The van der Waals surface area contributed by atoms with Crippen LogP contribution in [0.1, 0.15) is 341 Å². The summed E-state index contributed by atoms with van der Waals surface area (Å²) in [6.07, 6.45) is 96.5. The van der Waals surface area contributed by atoms with Gasteiger partial charge in [-0.3, -0.25) is 14.2 Å². The molecule has 0 amide bonds. The summed E-state index contributed by atoms with van der Waals surface area (Å²) >= 11 is 0. The molecule has 0 radical (unpaired) electrons. The van der Waals surface area contributed by atoms with Gasteiger partial charge in [0.25, 0.3) is 7.82 Å². The lowest BCUT2D eigenvalue weighted by atomic mass is 10.0. The summed E-state index contributed by atoms with van der Waals surface area (Å²) in [5.41, 5.74) is 0. The topological polar surface area (TPSA) is 111 Å². The zero-order valence-corrected chi connectivity index (χ0v) is 59.8. The molecule has 0 aliphatic rings. The zero-order chi connectivity index (χ0) is 64.8. The lowest BCUT2D eigenvalue weighted by Crippen LogP contribution is -2.37. The van der Waals surface area contributed by atoms with Gasteiger partial charge in [0.2, 0.25) is 0 Å². The van der Waals surface area contributed by atoms with Gasteiger partial charge >= 0.3 is 11.9 Å². The SMILES string of the molecule is CC/C=C\C/C=C\C/C=C\C/C=C\C/C=C\C/C=C\C/C=C\C/C=C\CCCCCCCCCCCCCCCCC(=O)OC(COC(=O)CCCCCCCCCCCCCCCCCCCCCCCCCCCC)COP(=O)([O-])OCC[N+](C)(C)C. The summed E-state index contributed by atoms with van der Waals surface area (Å²) in [5.74, 6) is -0.820. The Hall–Kier alpha value is -3.07. The largest absolute Gasteiger partial charge is 0.756 e. The van der Waals surface area contributed by atoms with Crippen LogP contribution in [0.4, 0.5) is 0 Å². The summed E-state index contributed by atoms with van der Waals surface area (Å²) in [5, 5.41) is 0. The highest BCUT2D eigenvalue weighted by Crippen LogP contribution is 2.38. The maximum atomic E-state index is 12.9. The number of quaternary nitrogens is 1. The van der Waals surface area contributed by atoms with Crippen LogP contribution in [-0.4, -0.2) is 70.0 Å². The van der Waals surface area contributed by atoms with Crippen LogP contribution in [0.3, 0.4) is 0 Å². The van der Waals surface area contributed by atoms with E-state index in [-0.39, 0.29) is 32.0 Å². The second kappa shape index (κ2) is 69.3. The Morgan fingerprint density at radius 1 is 0.360 bits per heavy atom. The van der Waals surface area contributed by atoms with Crippen molar-refractivity contribution < 1.29 is 42.1 Å². The number of carbonyl (C=O) groups is 2. The van der Waals surface area contributed by atoms with Crippen LogP contribution in [0, 0.1) is 0 Å².